The van der Waals surface area contributed by atoms with Crippen molar-refractivity contribution < 1.29 is 14.7 Å². The third kappa shape index (κ3) is 4.39. The van der Waals surface area contributed by atoms with Crippen LogP contribution in [0, 0.1) is 0 Å². The highest BCUT2D eigenvalue weighted by Crippen LogP contribution is 2.01. The van der Waals surface area contributed by atoms with Crippen LogP contribution in [-0.2, 0) is 23.2 Å². The van der Waals surface area contributed by atoms with Crippen molar-refractivity contribution in [2.75, 3.05) is 11.5 Å². The Morgan fingerprint density at radius 3 is 2.81 bits per heavy atom. The number of hydrogen-bond acceptors (Lipinski definition) is 3. The normalized spacial score (nSPS) is 10.1. The number of carboxylic acids is 1. The Labute approximate surface area is 97.8 Å². The molecule has 1 aromatic heterocycles. The van der Waals surface area contributed by atoms with Crippen molar-refractivity contribution in [3.8, 4) is 0 Å². The first-order valence-corrected chi connectivity index (χ1v) is 5.91. The Kier molecular flexibility index (Phi) is 4.91. The maximum atomic E-state index is 11.3. The van der Waals surface area contributed by atoms with Crippen molar-refractivity contribution >= 4 is 23.6 Å². The average molecular weight is 242 g/mol. The number of nitrogens with zero attached hydrogens (tertiary/aromatic N) is 1. The molecule has 0 saturated carbocycles. The van der Waals surface area contributed by atoms with Gasteiger partial charge in [0.05, 0.1) is 18.1 Å². The van der Waals surface area contributed by atoms with Crippen molar-refractivity contribution in [2.24, 2.45) is 7.05 Å². The van der Waals surface area contributed by atoms with Gasteiger partial charge in [0.25, 0.3) is 0 Å². The number of aromatic nitrogens is 1. The zero-order chi connectivity index (χ0) is 12.0. The molecule has 0 aliphatic carbocycles. The summed E-state index contributed by atoms with van der Waals surface area (Å²) in [7, 11) is 1.90. The van der Waals surface area contributed by atoms with E-state index in [-0.39, 0.29) is 17.4 Å². The Hall–Kier alpha value is -1.43. The molecule has 1 heterocycles. The maximum absolute atomic E-state index is 11.3. The predicted molar refractivity (Wildman–Crippen MR) is 62.2 cm³/mol. The van der Waals surface area contributed by atoms with E-state index in [1.807, 2.05) is 29.9 Å². The van der Waals surface area contributed by atoms with E-state index >= 15 is 0 Å². The Bertz CT molecular complexity index is 376. The van der Waals surface area contributed by atoms with Crippen LogP contribution in [-0.4, -0.2) is 33.1 Å². The van der Waals surface area contributed by atoms with Crippen LogP contribution in [0.4, 0.5) is 0 Å². The number of carbonyl (C=O) groups excluding carboxylic acids is 1. The molecule has 1 rings (SSSR count). The molecular formula is C10H14N2O3S. The molecule has 0 aliphatic heterocycles. The molecule has 0 aliphatic rings. The van der Waals surface area contributed by atoms with Gasteiger partial charge in [-0.05, 0) is 12.1 Å². The minimum Gasteiger partial charge on any atom is -0.481 e. The molecule has 1 amide bonds. The Balaban J connectivity index is 2.20. The van der Waals surface area contributed by atoms with Gasteiger partial charge in [0.15, 0.2) is 0 Å². The molecular weight excluding hydrogens is 228 g/mol. The SMILES string of the molecule is Cn1cccc1CNC(=O)CSCC(=O)O. The van der Waals surface area contributed by atoms with E-state index in [9.17, 15) is 9.59 Å². The van der Waals surface area contributed by atoms with Crippen LogP contribution in [0.25, 0.3) is 0 Å². The molecule has 6 heteroatoms. The van der Waals surface area contributed by atoms with Crippen LogP contribution in [0.5, 0.6) is 0 Å². The summed E-state index contributed by atoms with van der Waals surface area (Å²) in [6.07, 6.45) is 1.90. The van der Waals surface area contributed by atoms with Gasteiger partial charge in [0.2, 0.25) is 5.91 Å². The summed E-state index contributed by atoms with van der Waals surface area (Å²) < 4.78 is 1.92. The molecule has 5 nitrogen and oxygen atoms in total. The Morgan fingerprint density at radius 1 is 1.50 bits per heavy atom. The van der Waals surface area contributed by atoms with E-state index in [0.29, 0.717) is 6.54 Å². The number of nitrogens with one attached hydrogen (secondary N) is 1. The number of carbonyl (C=O) groups is 2. The fourth-order valence-electron chi connectivity index (χ4n) is 1.15. The summed E-state index contributed by atoms with van der Waals surface area (Å²) in [4.78, 5) is 21.5. The van der Waals surface area contributed by atoms with Crippen molar-refractivity contribution in [3.63, 3.8) is 0 Å². The largest absolute Gasteiger partial charge is 0.481 e. The van der Waals surface area contributed by atoms with Crippen LogP contribution in [0.2, 0.25) is 0 Å². The monoisotopic (exact) mass is 242 g/mol. The lowest BCUT2D eigenvalue weighted by molar-refractivity contribution is -0.133. The fourth-order valence-corrected chi connectivity index (χ4v) is 1.72. The van der Waals surface area contributed by atoms with E-state index in [0.717, 1.165) is 17.5 Å². The van der Waals surface area contributed by atoms with Gasteiger partial charge in [0, 0.05) is 18.9 Å². The van der Waals surface area contributed by atoms with Crippen LogP contribution in [0.15, 0.2) is 18.3 Å². The van der Waals surface area contributed by atoms with Crippen LogP contribution in [0.3, 0.4) is 0 Å². The number of aryl methyl sites for hydroxylation is 1. The zero-order valence-electron chi connectivity index (χ0n) is 8.97. The van der Waals surface area contributed by atoms with Gasteiger partial charge >= 0.3 is 5.97 Å². The molecule has 0 spiro atoms. The zero-order valence-corrected chi connectivity index (χ0v) is 9.79. The molecule has 0 unspecified atom stereocenters. The second-order valence-electron chi connectivity index (χ2n) is 3.27. The molecule has 0 radical (unpaired) electrons. The van der Waals surface area contributed by atoms with Crippen LogP contribution >= 0.6 is 11.8 Å². The van der Waals surface area contributed by atoms with E-state index in [1.54, 1.807) is 0 Å². The lowest BCUT2D eigenvalue weighted by atomic mass is 10.4. The molecule has 88 valence electrons. The maximum Gasteiger partial charge on any atom is 0.313 e. The van der Waals surface area contributed by atoms with Crippen LogP contribution < -0.4 is 5.32 Å². The first kappa shape index (κ1) is 12.6. The van der Waals surface area contributed by atoms with Crippen molar-refractivity contribution in [1.82, 2.24) is 9.88 Å². The smallest absolute Gasteiger partial charge is 0.313 e. The summed E-state index contributed by atoms with van der Waals surface area (Å²) in [6, 6.07) is 3.82. The minimum absolute atomic E-state index is 0.0441. The molecule has 0 fully saturated rings. The third-order valence-corrected chi connectivity index (χ3v) is 2.89. The number of rotatable bonds is 6. The fraction of sp³-hybridized carbons (Fsp3) is 0.400. The molecule has 0 atom stereocenters. The van der Waals surface area contributed by atoms with Gasteiger partial charge in [0.1, 0.15) is 0 Å². The summed E-state index contributed by atoms with van der Waals surface area (Å²) in [5.74, 6) is -0.915. The van der Waals surface area contributed by atoms with E-state index in [2.05, 4.69) is 5.32 Å². The highest BCUT2D eigenvalue weighted by molar-refractivity contribution is 8.00. The summed E-state index contributed by atoms with van der Waals surface area (Å²) in [5, 5.41) is 11.1. The predicted octanol–water partition coefficient (Wildman–Crippen LogP) is 0.459. The first-order chi connectivity index (χ1) is 7.59. The lowest BCUT2D eigenvalue weighted by Crippen LogP contribution is -2.25. The van der Waals surface area contributed by atoms with Crippen molar-refractivity contribution in [2.45, 2.75) is 6.54 Å². The van der Waals surface area contributed by atoms with Gasteiger partial charge in [-0.25, -0.2) is 0 Å². The number of aliphatic carboxylic acids is 1. The topological polar surface area (TPSA) is 71.3 Å². The lowest BCUT2D eigenvalue weighted by Gasteiger charge is -2.05. The summed E-state index contributed by atoms with van der Waals surface area (Å²) >= 11 is 1.09. The van der Waals surface area contributed by atoms with Crippen molar-refractivity contribution in [3.05, 3.63) is 24.0 Å². The average Bonchev–Trinajstić information content (AvgIpc) is 2.60. The van der Waals surface area contributed by atoms with E-state index in [4.69, 9.17) is 5.11 Å². The molecule has 2 N–H and O–H groups in total. The van der Waals surface area contributed by atoms with Gasteiger partial charge in [-0.3, -0.25) is 9.59 Å². The van der Waals surface area contributed by atoms with Gasteiger partial charge in [-0.15, -0.1) is 11.8 Å². The molecule has 1 aromatic rings. The van der Waals surface area contributed by atoms with Gasteiger partial charge in [-0.1, -0.05) is 0 Å². The quantitative estimate of drug-likeness (QED) is 0.760. The first-order valence-electron chi connectivity index (χ1n) is 4.76. The molecule has 0 bridgehead atoms. The van der Waals surface area contributed by atoms with E-state index < -0.39 is 5.97 Å². The van der Waals surface area contributed by atoms with Gasteiger partial charge < -0.3 is 15.0 Å². The molecule has 16 heavy (non-hydrogen) atoms. The summed E-state index contributed by atoms with van der Waals surface area (Å²) in [6.45, 7) is 0.468. The van der Waals surface area contributed by atoms with E-state index in [1.165, 1.54) is 0 Å². The minimum atomic E-state index is -0.903. The number of thioether (sulfide) groups is 1. The number of amides is 1. The molecule has 0 saturated heterocycles. The van der Waals surface area contributed by atoms with Gasteiger partial charge in [-0.2, -0.15) is 0 Å². The Morgan fingerprint density at radius 2 is 2.25 bits per heavy atom. The third-order valence-electron chi connectivity index (χ3n) is 1.98. The highest BCUT2D eigenvalue weighted by Gasteiger charge is 2.04. The number of carboxylic acid groups (broad SMARTS) is 1. The molecule has 0 aromatic carbocycles. The van der Waals surface area contributed by atoms with Crippen LogP contribution in [0.1, 0.15) is 5.69 Å². The van der Waals surface area contributed by atoms with Crippen molar-refractivity contribution in [1.29, 1.82) is 0 Å². The second kappa shape index (κ2) is 6.22. The standard InChI is InChI=1S/C10H14N2O3S/c1-12-4-2-3-8(12)5-11-9(13)6-16-7-10(14)15/h2-4H,5-7H2,1H3,(H,11,13)(H,14,15). The second-order valence-corrected chi connectivity index (χ2v) is 4.26. The highest BCUT2D eigenvalue weighted by atomic mass is 32.2. The summed E-state index contributed by atoms with van der Waals surface area (Å²) in [5.41, 5.74) is 1.01. The number of hydrogen-bond donors (Lipinski definition) is 2.